The van der Waals surface area contributed by atoms with Crippen molar-refractivity contribution in [1.29, 1.82) is 0 Å². The SMILES string of the molecule is CCN1c2ccc(/C=C3\NC(=S)NC3=O)cc2C(C)CC1(C)C. The van der Waals surface area contributed by atoms with Gasteiger partial charge in [0.25, 0.3) is 5.91 Å². The summed E-state index contributed by atoms with van der Waals surface area (Å²) in [6.45, 7) is 10.1. The monoisotopic (exact) mass is 329 g/mol. The first-order chi connectivity index (χ1) is 10.8. The van der Waals surface area contributed by atoms with Crippen LogP contribution in [0.2, 0.25) is 0 Å². The molecule has 4 nitrogen and oxygen atoms in total. The average Bonchev–Trinajstić information content (AvgIpc) is 2.77. The van der Waals surface area contributed by atoms with Crippen LogP contribution < -0.4 is 15.5 Å². The molecule has 1 amide bonds. The molecule has 2 aliphatic heterocycles. The number of nitrogens with one attached hydrogen (secondary N) is 2. The Morgan fingerprint density at radius 3 is 2.74 bits per heavy atom. The van der Waals surface area contributed by atoms with E-state index in [4.69, 9.17) is 12.2 Å². The van der Waals surface area contributed by atoms with Gasteiger partial charge in [0.1, 0.15) is 5.70 Å². The summed E-state index contributed by atoms with van der Waals surface area (Å²) in [5.74, 6) is 0.324. The molecule has 1 aromatic carbocycles. The van der Waals surface area contributed by atoms with Gasteiger partial charge in [-0.15, -0.1) is 0 Å². The highest BCUT2D eigenvalue weighted by Crippen LogP contribution is 2.43. The van der Waals surface area contributed by atoms with Crippen molar-refractivity contribution in [2.75, 3.05) is 11.4 Å². The molecule has 1 saturated heterocycles. The van der Waals surface area contributed by atoms with Gasteiger partial charge in [0.15, 0.2) is 5.11 Å². The van der Waals surface area contributed by atoms with Crippen LogP contribution in [-0.4, -0.2) is 23.1 Å². The summed E-state index contributed by atoms with van der Waals surface area (Å²) in [5.41, 5.74) is 4.35. The van der Waals surface area contributed by atoms with Crippen LogP contribution in [-0.2, 0) is 4.79 Å². The first-order valence-electron chi connectivity index (χ1n) is 8.07. The van der Waals surface area contributed by atoms with Crippen molar-refractivity contribution >= 4 is 35.0 Å². The zero-order valence-electron chi connectivity index (χ0n) is 14.1. The maximum Gasteiger partial charge on any atom is 0.273 e. The average molecular weight is 329 g/mol. The van der Waals surface area contributed by atoms with Crippen molar-refractivity contribution in [2.45, 2.75) is 45.6 Å². The van der Waals surface area contributed by atoms with Gasteiger partial charge < -0.3 is 10.2 Å². The molecule has 0 radical (unpaired) electrons. The molecule has 1 aromatic rings. The van der Waals surface area contributed by atoms with Crippen LogP contribution in [0.15, 0.2) is 23.9 Å². The molecular formula is C18H23N3OS. The van der Waals surface area contributed by atoms with E-state index in [1.807, 2.05) is 6.08 Å². The maximum atomic E-state index is 11.8. The molecule has 1 fully saturated rings. The molecule has 0 aliphatic carbocycles. The van der Waals surface area contributed by atoms with E-state index >= 15 is 0 Å². The molecule has 5 heteroatoms. The fourth-order valence-electron chi connectivity index (χ4n) is 3.85. The highest BCUT2D eigenvalue weighted by molar-refractivity contribution is 7.80. The van der Waals surface area contributed by atoms with Gasteiger partial charge >= 0.3 is 0 Å². The largest absolute Gasteiger partial charge is 0.366 e. The fourth-order valence-corrected chi connectivity index (χ4v) is 4.05. The predicted molar refractivity (Wildman–Crippen MR) is 98.4 cm³/mol. The topological polar surface area (TPSA) is 44.4 Å². The van der Waals surface area contributed by atoms with E-state index in [9.17, 15) is 4.79 Å². The summed E-state index contributed by atoms with van der Waals surface area (Å²) in [4.78, 5) is 14.3. The third-order valence-corrected chi connectivity index (χ3v) is 4.96. The lowest BCUT2D eigenvalue weighted by Crippen LogP contribution is -2.48. The quantitative estimate of drug-likeness (QED) is 0.646. The minimum atomic E-state index is -0.169. The lowest BCUT2D eigenvalue weighted by molar-refractivity contribution is -0.115. The second-order valence-corrected chi connectivity index (χ2v) is 7.35. The van der Waals surface area contributed by atoms with E-state index in [1.165, 1.54) is 11.3 Å². The molecule has 122 valence electrons. The van der Waals surface area contributed by atoms with Crippen molar-refractivity contribution < 1.29 is 4.79 Å². The number of nitrogens with zero attached hydrogens (tertiary/aromatic N) is 1. The number of amides is 1. The van der Waals surface area contributed by atoms with E-state index in [-0.39, 0.29) is 11.4 Å². The second-order valence-electron chi connectivity index (χ2n) is 6.95. The third-order valence-electron chi connectivity index (χ3n) is 4.76. The lowest BCUT2D eigenvalue weighted by atomic mass is 9.79. The highest BCUT2D eigenvalue weighted by Gasteiger charge is 2.35. The van der Waals surface area contributed by atoms with E-state index < -0.39 is 0 Å². The molecule has 0 saturated carbocycles. The highest BCUT2D eigenvalue weighted by atomic mass is 32.1. The Morgan fingerprint density at radius 2 is 2.13 bits per heavy atom. The van der Waals surface area contributed by atoms with Crippen LogP contribution in [0, 0.1) is 0 Å². The van der Waals surface area contributed by atoms with Crippen LogP contribution in [0.5, 0.6) is 0 Å². The van der Waals surface area contributed by atoms with Crippen LogP contribution in [0.3, 0.4) is 0 Å². The zero-order valence-corrected chi connectivity index (χ0v) is 14.9. The summed E-state index contributed by atoms with van der Waals surface area (Å²) < 4.78 is 0. The molecule has 2 heterocycles. The predicted octanol–water partition coefficient (Wildman–Crippen LogP) is 3.14. The number of carbonyl (C=O) groups is 1. The summed E-state index contributed by atoms with van der Waals surface area (Å²) in [6.07, 6.45) is 2.98. The Morgan fingerprint density at radius 1 is 1.39 bits per heavy atom. The normalized spacial score (nSPS) is 24.4. The van der Waals surface area contributed by atoms with Gasteiger partial charge in [0.2, 0.25) is 0 Å². The number of benzene rings is 1. The van der Waals surface area contributed by atoms with Gasteiger partial charge in [-0.25, -0.2) is 0 Å². The first kappa shape index (κ1) is 16.0. The van der Waals surface area contributed by atoms with Crippen LogP contribution in [0.4, 0.5) is 5.69 Å². The van der Waals surface area contributed by atoms with Crippen molar-refractivity contribution in [3.63, 3.8) is 0 Å². The Bertz CT molecular complexity index is 708. The minimum Gasteiger partial charge on any atom is -0.366 e. The number of thiocarbonyl (C=S) groups is 1. The Kier molecular flexibility index (Phi) is 3.92. The van der Waals surface area contributed by atoms with Gasteiger partial charge in [0, 0.05) is 17.8 Å². The zero-order chi connectivity index (χ0) is 16.8. The number of rotatable bonds is 2. The third kappa shape index (κ3) is 2.85. The molecule has 0 spiro atoms. The smallest absolute Gasteiger partial charge is 0.273 e. The van der Waals surface area contributed by atoms with Gasteiger partial charge in [-0.3, -0.25) is 10.1 Å². The second kappa shape index (κ2) is 5.64. The minimum absolute atomic E-state index is 0.167. The van der Waals surface area contributed by atoms with Gasteiger partial charge in [0.05, 0.1) is 0 Å². The summed E-state index contributed by atoms with van der Waals surface area (Å²) >= 11 is 4.97. The maximum absolute atomic E-state index is 11.8. The lowest BCUT2D eigenvalue weighted by Gasteiger charge is -2.47. The fraction of sp³-hybridized carbons (Fsp3) is 0.444. The first-order valence-corrected chi connectivity index (χ1v) is 8.48. The summed E-state index contributed by atoms with van der Waals surface area (Å²) in [6, 6.07) is 6.44. The molecule has 2 N–H and O–H groups in total. The molecule has 0 aromatic heterocycles. The molecule has 0 bridgehead atoms. The van der Waals surface area contributed by atoms with Crippen molar-refractivity contribution in [1.82, 2.24) is 10.6 Å². The summed E-state index contributed by atoms with van der Waals surface area (Å²) in [5, 5.41) is 5.86. The molecule has 1 atom stereocenters. The van der Waals surface area contributed by atoms with E-state index in [0.717, 1.165) is 18.5 Å². The number of carbonyl (C=O) groups excluding carboxylic acids is 1. The van der Waals surface area contributed by atoms with E-state index in [1.54, 1.807) is 0 Å². The number of hydrogen-bond acceptors (Lipinski definition) is 3. The van der Waals surface area contributed by atoms with E-state index in [2.05, 4.69) is 61.4 Å². The van der Waals surface area contributed by atoms with Crippen molar-refractivity contribution in [3.05, 3.63) is 35.0 Å². The molecule has 3 rings (SSSR count). The number of anilines is 1. The number of fused-ring (bicyclic) bond motifs is 1. The Hall–Kier alpha value is -1.88. The molecular weight excluding hydrogens is 306 g/mol. The standard InChI is InChI=1S/C18H23N3OS/c1-5-21-15-7-6-12(9-14-16(22)20-17(23)19-14)8-13(15)11(2)10-18(21,3)4/h6-9,11H,5,10H2,1-4H3,(H2,19,20,22,23)/b14-9-. The van der Waals surface area contributed by atoms with Crippen molar-refractivity contribution in [3.8, 4) is 0 Å². The summed E-state index contributed by atoms with van der Waals surface area (Å²) in [7, 11) is 0. The molecule has 23 heavy (non-hydrogen) atoms. The molecule has 2 aliphatic rings. The van der Waals surface area contributed by atoms with Gasteiger partial charge in [-0.05, 0) is 74.7 Å². The Labute approximate surface area is 142 Å². The Balaban J connectivity index is 2.00. The van der Waals surface area contributed by atoms with Crippen LogP contribution in [0.25, 0.3) is 6.08 Å². The number of hydrogen-bond donors (Lipinski definition) is 2. The van der Waals surface area contributed by atoms with Crippen molar-refractivity contribution in [2.24, 2.45) is 0 Å². The van der Waals surface area contributed by atoms with E-state index in [0.29, 0.717) is 16.7 Å². The van der Waals surface area contributed by atoms with Gasteiger partial charge in [-0.2, -0.15) is 0 Å². The van der Waals surface area contributed by atoms with Crippen LogP contribution in [0.1, 0.15) is 51.2 Å². The van der Waals surface area contributed by atoms with Crippen LogP contribution >= 0.6 is 12.2 Å². The molecule has 1 unspecified atom stereocenters. The van der Waals surface area contributed by atoms with Gasteiger partial charge in [-0.1, -0.05) is 13.0 Å².